The molecular formula is C15H17N5O3S. The molecule has 0 aromatic heterocycles. The largest absolute Gasteiger partial charge is 0.370 e. The lowest BCUT2D eigenvalue weighted by atomic mass is 10.2. The van der Waals surface area contributed by atoms with Gasteiger partial charge in [0.05, 0.1) is 17.0 Å². The zero-order chi connectivity index (χ0) is 17.7. The molecule has 1 aromatic rings. The normalized spacial score (nSPS) is 13.0. The van der Waals surface area contributed by atoms with Gasteiger partial charge >= 0.3 is 0 Å². The van der Waals surface area contributed by atoms with Crippen LogP contribution in [-0.4, -0.2) is 45.4 Å². The van der Waals surface area contributed by atoms with E-state index in [4.69, 9.17) is 15.7 Å². The summed E-state index contributed by atoms with van der Waals surface area (Å²) in [6.07, 6.45) is 0.854. The molecule has 0 unspecified atom stereocenters. The zero-order valence-electron chi connectivity index (χ0n) is 13.0. The SMILES string of the molecule is N#CCN(CC#N)C(=O)CCN1CCc2cc(S(N)(=O)=O)ccc21. The highest BCUT2D eigenvalue weighted by molar-refractivity contribution is 7.89. The van der Waals surface area contributed by atoms with E-state index in [1.165, 1.54) is 11.0 Å². The summed E-state index contributed by atoms with van der Waals surface area (Å²) in [5.41, 5.74) is 1.75. The van der Waals surface area contributed by atoms with Gasteiger partial charge in [-0.15, -0.1) is 0 Å². The van der Waals surface area contributed by atoms with Crippen molar-refractivity contribution < 1.29 is 13.2 Å². The molecule has 1 amide bonds. The summed E-state index contributed by atoms with van der Waals surface area (Å²) in [4.78, 5) is 15.3. The highest BCUT2D eigenvalue weighted by Gasteiger charge is 2.22. The molecule has 0 saturated heterocycles. The lowest BCUT2D eigenvalue weighted by Crippen LogP contribution is -2.34. The molecule has 8 nitrogen and oxygen atoms in total. The second-order valence-electron chi connectivity index (χ2n) is 5.39. The molecule has 1 aliphatic rings. The second kappa shape index (κ2) is 7.30. The van der Waals surface area contributed by atoms with Crippen molar-refractivity contribution in [3.63, 3.8) is 0 Å². The maximum atomic E-state index is 12.1. The molecule has 0 atom stereocenters. The van der Waals surface area contributed by atoms with Gasteiger partial charge in [0.1, 0.15) is 13.1 Å². The van der Waals surface area contributed by atoms with Gasteiger partial charge in [-0.2, -0.15) is 10.5 Å². The predicted molar refractivity (Wildman–Crippen MR) is 86.2 cm³/mol. The number of carbonyl (C=O) groups excluding carboxylic acids is 1. The van der Waals surface area contributed by atoms with Gasteiger partial charge in [0.2, 0.25) is 15.9 Å². The van der Waals surface area contributed by atoms with Crippen LogP contribution in [0.3, 0.4) is 0 Å². The van der Waals surface area contributed by atoms with E-state index >= 15 is 0 Å². The first kappa shape index (κ1) is 17.7. The molecule has 1 aliphatic heterocycles. The van der Waals surface area contributed by atoms with Gasteiger partial charge in [0.25, 0.3) is 0 Å². The van der Waals surface area contributed by atoms with Crippen LogP contribution in [0, 0.1) is 22.7 Å². The number of rotatable bonds is 6. The summed E-state index contributed by atoms with van der Waals surface area (Å²) in [5.74, 6) is -0.257. The van der Waals surface area contributed by atoms with Crippen molar-refractivity contribution in [3.05, 3.63) is 23.8 Å². The van der Waals surface area contributed by atoms with Crippen LogP contribution in [-0.2, 0) is 21.2 Å². The quantitative estimate of drug-likeness (QED) is 0.718. The summed E-state index contributed by atoms with van der Waals surface area (Å²) in [6, 6.07) is 8.44. The standard InChI is InChI=1S/C15H17N5O3S/c16-5-9-20(10-6-17)15(21)4-8-19-7-3-12-11-13(24(18,22)23)1-2-14(12)19/h1-2,11H,3-4,7-10H2,(H2,18,22,23). The number of primary sulfonamides is 1. The van der Waals surface area contributed by atoms with Crippen LogP contribution in [0.1, 0.15) is 12.0 Å². The molecule has 9 heteroatoms. The van der Waals surface area contributed by atoms with E-state index < -0.39 is 10.0 Å². The Morgan fingerprint density at radius 2 is 1.96 bits per heavy atom. The Kier molecular flexibility index (Phi) is 5.39. The molecule has 0 radical (unpaired) electrons. The van der Waals surface area contributed by atoms with Gasteiger partial charge in [0.15, 0.2) is 0 Å². The predicted octanol–water partition coefficient (Wildman–Crippen LogP) is -0.0376. The van der Waals surface area contributed by atoms with Gasteiger partial charge in [0, 0.05) is 25.2 Å². The van der Waals surface area contributed by atoms with E-state index in [9.17, 15) is 13.2 Å². The number of carbonyl (C=O) groups is 1. The fourth-order valence-corrected chi connectivity index (χ4v) is 3.21. The van der Waals surface area contributed by atoms with Gasteiger partial charge in [-0.3, -0.25) is 4.79 Å². The second-order valence-corrected chi connectivity index (χ2v) is 6.95. The fourth-order valence-electron chi connectivity index (χ4n) is 2.65. The molecule has 1 aromatic carbocycles. The number of nitrogens with two attached hydrogens (primary N) is 1. The van der Waals surface area contributed by atoms with E-state index in [1.54, 1.807) is 12.1 Å². The maximum Gasteiger partial charge on any atom is 0.238 e. The number of amides is 1. The van der Waals surface area contributed by atoms with Gasteiger partial charge in [-0.25, -0.2) is 13.6 Å². The first-order chi connectivity index (χ1) is 11.4. The number of hydrogen-bond donors (Lipinski definition) is 1. The molecule has 0 spiro atoms. The minimum Gasteiger partial charge on any atom is -0.370 e. The van der Waals surface area contributed by atoms with Crippen LogP contribution in [0.25, 0.3) is 0 Å². The van der Waals surface area contributed by atoms with Crippen molar-refractivity contribution in [2.24, 2.45) is 5.14 Å². The highest BCUT2D eigenvalue weighted by atomic mass is 32.2. The van der Waals surface area contributed by atoms with Crippen LogP contribution in [0.2, 0.25) is 0 Å². The summed E-state index contributed by atoms with van der Waals surface area (Å²) in [6.45, 7) is 0.891. The molecule has 24 heavy (non-hydrogen) atoms. The number of nitrogens with zero attached hydrogens (tertiary/aromatic N) is 4. The Morgan fingerprint density at radius 1 is 1.29 bits per heavy atom. The molecule has 0 aliphatic carbocycles. The van der Waals surface area contributed by atoms with E-state index in [0.717, 1.165) is 11.3 Å². The zero-order valence-corrected chi connectivity index (χ0v) is 13.8. The molecule has 1 heterocycles. The van der Waals surface area contributed by atoms with Gasteiger partial charge < -0.3 is 9.80 Å². The summed E-state index contributed by atoms with van der Waals surface area (Å²) in [5, 5.41) is 22.5. The Labute approximate surface area is 140 Å². The summed E-state index contributed by atoms with van der Waals surface area (Å²) >= 11 is 0. The average molecular weight is 347 g/mol. The molecule has 2 N–H and O–H groups in total. The third-order valence-corrected chi connectivity index (χ3v) is 4.75. The molecule has 2 rings (SSSR count). The lowest BCUT2D eigenvalue weighted by Gasteiger charge is -2.21. The van der Waals surface area contributed by atoms with Crippen molar-refractivity contribution in [2.45, 2.75) is 17.7 Å². The molecule has 126 valence electrons. The summed E-state index contributed by atoms with van der Waals surface area (Å²) < 4.78 is 22.8. The maximum absolute atomic E-state index is 12.1. The van der Waals surface area contributed by atoms with Crippen molar-refractivity contribution in [2.75, 3.05) is 31.1 Å². The number of nitriles is 2. The van der Waals surface area contributed by atoms with E-state index in [-0.39, 0.29) is 30.3 Å². The fraction of sp³-hybridized carbons (Fsp3) is 0.400. The van der Waals surface area contributed by atoms with E-state index in [0.29, 0.717) is 19.5 Å². The van der Waals surface area contributed by atoms with Crippen molar-refractivity contribution in [1.29, 1.82) is 10.5 Å². The van der Waals surface area contributed by atoms with E-state index in [1.807, 2.05) is 17.0 Å². The van der Waals surface area contributed by atoms with Crippen molar-refractivity contribution in [1.82, 2.24) is 4.90 Å². The summed E-state index contributed by atoms with van der Waals surface area (Å²) in [7, 11) is -3.73. The Hall–Kier alpha value is -2.62. The van der Waals surface area contributed by atoms with Crippen LogP contribution < -0.4 is 10.0 Å². The third-order valence-electron chi connectivity index (χ3n) is 3.84. The molecule has 0 saturated carbocycles. The van der Waals surface area contributed by atoms with Crippen molar-refractivity contribution >= 4 is 21.6 Å². The first-order valence-electron chi connectivity index (χ1n) is 7.29. The molecule has 0 bridgehead atoms. The van der Waals surface area contributed by atoms with Gasteiger partial charge in [-0.1, -0.05) is 0 Å². The molecular weight excluding hydrogens is 330 g/mol. The Morgan fingerprint density at radius 3 is 2.54 bits per heavy atom. The Bertz CT molecular complexity index is 806. The third kappa shape index (κ3) is 4.02. The van der Waals surface area contributed by atoms with Crippen LogP contribution in [0.5, 0.6) is 0 Å². The number of benzene rings is 1. The number of sulfonamides is 1. The Balaban J connectivity index is 2.04. The average Bonchev–Trinajstić information content (AvgIpc) is 2.94. The smallest absolute Gasteiger partial charge is 0.238 e. The van der Waals surface area contributed by atoms with Crippen LogP contribution >= 0.6 is 0 Å². The number of anilines is 1. The van der Waals surface area contributed by atoms with Crippen LogP contribution in [0.15, 0.2) is 23.1 Å². The lowest BCUT2D eigenvalue weighted by molar-refractivity contribution is -0.129. The van der Waals surface area contributed by atoms with Gasteiger partial charge in [-0.05, 0) is 30.2 Å². The van der Waals surface area contributed by atoms with Crippen molar-refractivity contribution in [3.8, 4) is 12.1 Å². The van der Waals surface area contributed by atoms with E-state index in [2.05, 4.69) is 0 Å². The topological polar surface area (TPSA) is 131 Å². The van der Waals surface area contributed by atoms with Crippen LogP contribution in [0.4, 0.5) is 5.69 Å². The number of hydrogen-bond acceptors (Lipinski definition) is 6. The minimum absolute atomic E-state index is 0.0772. The monoisotopic (exact) mass is 347 g/mol. The highest BCUT2D eigenvalue weighted by Crippen LogP contribution is 2.29. The first-order valence-corrected chi connectivity index (χ1v) is 8.84. The molecule has 0 fully saturated rings. The minimum atomic E-state index is -3.73. The number of fused-ring (bicyclic) bond motifs is 1.